The molecule has 13 heteroatoms. The van der Waals surface area contributed by atoms with E-state index < -0.39 is 0 Å². The van der Waals surface area contributed by atoms with Crippen LogP contribution < -0.4 is 15.4 Å². The lowest BCUT2D eigenvalue weighted by atomic mass is 9.97. The second kappa shape index (κ2) is 26.6. The number of rotatable bonds is 12. The van der Waals surface area contributed by atoms with Gasteiger partial charge < -0.3 is 30.1 Å². The molecule has 6 aromatic rings. The highest BCUT2D eigenvalue weighted by molar-refractivity contribution is 6.31. The predicted molar refractivity (Wildman–Crippen MR) is 290 cm³/mol. The molecule has 3 fully saturated rings. The minimum Gasteiger partial charge on any atom is -0.496 e. The number of nitrogens with zero attached hydrogens (tertiary/aromatic N) is 4. The van der Waals surface area contributed by atoms with E-state index in [4.69, 9.17) is 16.3 Å². The highest BCUT2D eigenvalue weighted by atomic mass is 35.5. The summed E-state index contributed by atoms with van der Waals surface area (Å²) in [6, 6.07) is 47.2. The molecule has 3 atom stereocenters. The number of anilines is 2. The SMILES string of the molecule is CC(=O)Nc1ccc(/C=C/C(=O)N2CCC(c3ccccc3)C2)cn1.COc1ccccc1C1CCN(C(=O)/C=C/c2ccc(NC(C)=O)cc2)C1.O=C(Cc1ccccc1Cl)N1CCC(c2ccccc2)C1. The first kappa shape index (κ1) is 53.0. The van der Waals surface area contributed by atoms with E-state index in [0.29, 0.717) is 41.6 Å². The van der Waals surface area contributed by atoms with Crippen molar-refractivity contribution in [1.82, 2.24) is 19.7 Å². The summed E-state index contributed by atoms with van der Waals surface area (Å²) in [5.74, 6) is 2.49. The smallest absolute Gasteiger partial charge is 0.246 e. The minimum atomic E-state index is -0.159. The third-order valence-corrected chi connectivity index (χ3v) is 13.5. The summed E-state index contributed by atoms with van der Waals surface area (Å²) in [5, 5.41) is 6.01. The van der Waals surface area contributed by atoms with Crippen LogP contribution in [0.2, 0.25) is 5.02 Å². The molecule has 2 N–H and O–H groups in total. The molecule has 0 radical (unpaired) electrons. The van der Waals surface area contributed by atoms with Crippen molar-refractivity contribution in [2.45, 2.75) is 57.3 Å². The average Bonchev–Trinajstić information content (AvgIpc) is 4.23. The average molecular weight is 1000 g/mol. The fraction of sp³-hybridized carbons (Fsp3) is 0.267. The van der Waals surface area contributed by atoms with Crippen LogP contribution in [-0.4, -0.2) is 95.6 Å². The maximum atomic E-state index is 12.5. The van der Waals surface area contributed by atoms with Crippen molar-refractivity contribution in [3.8, 4) is 5.75 Å². The molecule has 0 spiro atoms. The fourth-order valence-corrected chi connectivity index (χ4v) is 9.46. The van der Waals surface area contributed by atoms with Gasteiger partial charge >= 0.3 is 0 Å². The van der Waals surface area contributed by atoms with Crippen molar-refractivity contribution in [2.24, 2.45) is 0 Å². The van der Waals surface area contributed by atoms with Crippen molar-refractivity contribution in [3.63, 3.8) is 0 Å². The number of benzene rings is 5. The number of carbonyl (C=O) groups is 5. The number of nitrogens with one attached hydrogen (secondary N) is 2. The van der Waals surface area contributed by atoms with Gasteiger partial charge in [0.05, 0.1) is 13.5 Å². The van der Waals surface area contributed by atoms with Gasteiger partial charge in [0, 0.05) is 99.9 Å². The van der Waals surface area contributed by atoms with Gasteiger partial charge in [-0.25, -0.2) is 4.98 Å². The van der Waals surface area contributed by atoms with Crippen LogP contribution in [-0.2, 0) is 30.4 Å². The number of ether oxygens (including phenoxy) is 1. The molecule has 9 rings (SSSR count). The van der Waals surface area contributed by atoms with Gasteiger partial charge in [-0.15, -0.1) is 0 Å². The normalized spacial score (nSPS) is 17.1. The van der Waals surface area contributed by atoms with Gasteiger partial charge in [-0.05, 0) is 101 Å². The number of halogens is 1. The molecule has 5 amide bonds. The fourth-order valence-electron chi connectivity index (χ4n) is 9.26. The number of hydrogen-bond acceptors (Lipinski definition) is 7. The first-order chi connectivity index (χ1) is 35.4. The van der Waals surface area contributed by atoms with Crippen molar-refractivity contribution < 1.29 is 28.7 Å². The van der Waals surface area contributed by atoms with E-state index in [0.717, 1.165) is 85.7 Å². The van der Waals surface area contributed by atoms with Crippen molar-refractivity contribution in [1.29, 1.82) is 0 Å². The summed E-state index contributed by atoms with van der Waals surface area (Å²) in [6.45, 7) is 7.54. The van der Waals surface area contributed by atoms with E-state index in [1.165, 1.54) is 25.0 Å². The van der Waals surface area contributed by atoms with Gasteiger partial charge in [-0.2, -0.15) is 0 Å². The quantitative estimate of drug-likeness (QED) is 0.116. The van der Waals surface area contributed by atoms with E-state index in [1.807, 2.05) is 112 Å². The molecular weight excluding hydrogens is 936 g/mol. The van der Waals surface area contributed by atoms with Gasteiger partial charge in [0.2, 0.25) is 29.5 Å². The second-order valence-electron chi connectivity index (χ2n) is 18.3. The third kappa shape index (κ3) is 15.8. The number of amides is 5. The number of carbonyl (C=O) groups excluding carboxylic acids is 5. The molecule has 0 saturated carbocycles. The first-order valence-electron chi connectivity index (χ1n) is 24.7. The van der Waals surface area contributed by atoms with Crippen LogP contribution in [0.4, 0.5) is 11.5 Å². The van der Waals surface area contributed by atoms with Gasteiger partial charge in [0.25, 0.3) is 0 Å². The zero-order valence-corrected chi connectivity index (χ0v) is 42.4. The lowest BCUT2D eigenvalue weighted by Gasteiger charge is -2.17. The van der Waals surface area contributed by atoms with Crippen LogP contribution in [0.1, 0.15) is 84.2 Å². The maximum absolute atomic E-state index is 12.5. The molecule has 5 aromatic carbocycles. The summed E-state index contributed by atoms with van der Waals surface area (Å²) in [5.41, 5.74) is 7.16. The summed E-state index contributed by atoms with van der Waals surface area (Å²) >= 11 is 6.13. The lowest BCUT2D eigenvalue weighted by molar-refractivity contribution is -0.129. The molecule has 3 aliphatic rings. The van der Waals surface area contributed by atoms with E-state index in [9.17, 15) is 24.0 Å². The van der Waals surface area contributed by atoms with Crippen LogP contribution in [0.3, 0.4) is 0 Å². The molecule has 3 unspecified atom stereocenters. The van der Waals surface area contributed by atoms with Crippen molar-refractivity contribution in [3.05, 3.63) is 202 Å². The monoisotopic (exact) mass is 998 g/mol. The Morgan fingerprint density at radius 3 is 1.67 bits per heavy atom. The van der Waals surface area contributed by atoms with E-state index in [-0.39, 0.29) is 29.5 Å². The van der Waals surface area contributed by atoms with Crippen LogP contribution in [0.15, 0.2) is 164 Å². The molecule has 3 saturated heterocycles. The molecule has 12 nitrogen and oxygen atoms in total. The van der Waals surface area contributed by atoms with Gasteiger partial charge in [0.1, 0.15) is 11.6 Å². The summed E-state index contributed by atoms with van der Waals surface area (Å²) in [4.78, 5) is 69.2. The van der Waals surface area contributed by atoms with E-state index in [2.05, 4.69) is 58.1 Å². The predicted octanol–water partition coefficient (Wildman–Crippen LogP) is 10.7. The Kier molecular flexibility index (Phi) is 19.3. The Labute approximate surface area is 433 Å². The van der Waals surface area contributed by atoms with Gasteiger partial charge in [-0.1, -0.05) is 121 Å². The largest absolute Gasteiger partial charge is 0.496 e. The van der Waals surface area contributed by atoms with Crippen LogP contribution in [0, 0.1) is 0 Å². The van der Waals surface area contributed by atoms with Crippen LogP contribution >= 0.6 is 11.6 Å². The molecule has 0 bridgehead atoms. The van der Waals surface area contributed by atoms with Crippen LogP contribution in [0.5, 0.6) is 5.75 Å². The van der Waals surface area contributed by atoms with Gasteiger partial charge in [0.15, 0.2) is 0 Å². The molecule has 4 heterocycles. The molecule has 73 heavy (non-hydrogen) atoms. The minimum absolute atomic E-state index is 0.0123. The zero-order valence-electron chi connectivity index (χ0n) is 41.7. The van der Waals surface area contributed by atoms with E-state index >= 15 is 0 Å². The van der Waals surface area contributed by atoms with Crippen LogP contribution in [0.25, 0.3) is 12.2 Å². The van der Waals surface area contributed by atoms with Crippen molar-refractivity contribution >= 4 is 64.8 Å². The van der Waals surface area contributed by atoms with Gasteiger partial charge in [-0.3, -0.25) is 24.0 Å². The number of pyridine rings is 1. The number of methoxy groups -OCH3 is 1. The number of hydrogen-bond donors (Lipinski definition) is 2. The van der Waals surface area contributed by atoms with E-state index in [1.54, 1.807) is 43.7 Å². The molecule has 376 valence electrons. The molecular formula is C60H63ClN6O6. The molecule has 0 aliphatic carbocycles. The number of aromatic nitrogens is 1. The maximum Gasteiger partial charge on any atom is 0.246 e. The highest BCUT2D eigenvalue weighted by Gasteiger charge is 2.29. The standard InChI is InChI=1S/C22H24N2O3.C20H21N3O2.C18H18ClNO/c1-16(25)23-19-10-7-17(8-11-19)9-12-22(26)24-14-13-18(15-24)20-5-3-4-6-21(20)27-2;1-15(24)22-19-9-7-16(13-21-19)8-10-20(25)23-12-11-18(14-23)17-5-3-2-4-6-17;19-17-9-5-4-8-15(17)12-18(21)20-11-10-16(13-20)14-6-2-1-3-7-14/h3-12,18H,13-15H2,1-2H3,(H,23,25);2-10,13,18H,11-12,14H2,1H3,(H,21,22,24);1-9,16H,10-13H2/b12-9+;10-8+;. The highest BCUT2D eigenvalue weighted by Crippen LogP contribution is 2.34. The molecule has 3 aliphatic heterocycles. The number of para-hydroxylation sites is 1. The lowest BCUT2D eigenvalue weighted by Crippen LogP contribution is -2.29. The summed E-state index contributed by atoms with van der Waals surface area (Å²) < 4.78 is 5.45. The summed E-state index contributed by atoms with van der Waals surface area (Å²) in [6.07, 6.45) is 11.7. The Balaban J connectivity index is 0.000000161. The summed E-state index contributed by atoms with van der Waals surface area (Å²) in [7, 11) is 1.68. The number of likely N-dealkylation sites (tertiary alicyclic amines) is 3. The Morgan fingerprint density at radius 2 is 1.10 bits per heavy atom. The third-order valence-electron chi connectivity index (χ3n) is 13.1. The second-order valence-corrected chi connectivity index (χ2v) is 18.7. The topological polar surface area (TPSA) is 141 Å². The Hall–Kier alpha value is -7.83. The molecule has 1 aromatic heterocycles. The van der Waals surface area contributed by atoms with Crippen molar-refractivity contribution in [2.75, 3.05) is 57.0 Å². The first-order valence-corrected chi connectivity index (χ1v) is 25.1. The Bertz CT molecular complexity index is 2860. The Morgan fingerprint density at radius 1 is 0.589 bits per heavy atom. The zero-order chi connectivity index (χ0) is 51.5.